The predicted molar refractivity (Wildman–Crippen MR) is 77.5 cm³/mol. The molecule has 1 unspecified atom stereocenters. The first-order chi connectivity index (χ1) is 9.76. The lowest BCUT2D eigenvalue weighted by atomic mass is 9.86. The first kappa shape index (κ1) is 15.3. The fourth-order valence-electron chi connectivity index (χ4n) is 2.77. The van der Waals surface area contributed by atoms with Gasteiger partial charge in [0.25, 0.3) is 0 Å². The molecule has 112 valence electrons. The number of ether oxygens (including phenoxy) is 2. The minimum atomic E-state index is -0.190. The van der Waals surface area contributed by atoms with Gasteiger partial charge in [-0.05, 0) is 37.8 Å². The smallest absolute Gasteiger partial charge is 0.131 e. The van der Waals surface area contributed by atoms with Gasteiger partial charge in [-0.1, -0.05) is 13.0 Å². The SMILES string of the molecule is CCCNC(c1ccc(OC)cc1F)C1CCOCC1. The van der Waals surface area contributed by atoms with Crippen molar-refractivity contribution in [1.29, 1.82) is 0 Å². The van der Waals surface area contributed by atoms with E-state index in [1.165, 1.54) is 6.07 Å². The van der Waals surface area contributed by atoms with E-state index < -0.39 is 0 Å². The Bertz CT molecular complexity index is 419. The van der Waals surface area contributed by atoms with Gasteiger partial charge in [0.15, 0.2) is 0 Å². The molecule has 2 rings (SSSR count). The zero-order chi connectivity index (χ0) is 14.4. The average molecular weight is 281 g/mol. The van der Waals surface area contributed by atoms with Crippen LogP contribution in [0, 0.1) is 11.7 Å². The Labute approximate surface area is 120 Å². The van der Waals surface area contributed by atoms with Crippen LogP contribution >= 0.6 is 0 Å². The van der Waals surface area contributed by atoms with Gasteiger partial charge in [0.2, 0.25) is 0 Å². The highest BCUT2D eigenvalue weighted by Gasteiger charge is 2.27. The molecular weight excluding hydrogens is 257 g/mol. The molecule has 0 saturated carbocycles. The lowest BCUT2D eigenvalue weighted by Gasteiger charge is -2.31. The molecule has 1 aromatic carbocycles. The normalized spacial score (nSPS) is 17.9. The van der Waals surface area contributed by atoms with E-state index in [4.69, 9.17) is 9.47 Å². The van der Waals surface area contributed by atoms with Crippen LogP contribution < -0.4 is 10.1 Å². The van der Waals surface area contributed by atoms with Crippen LogP contribution in [-0.2, 0) is 4.74 Å². The number of benzene rings is 1. The van der Waals surface area contributed by atoms with Gasteiger partial charge in [-0.25, -0.2) is 4.39 Å². The molecule has 0 aromatic heterocycles. The quantitative estimate of drug-likeness (QED) is 0.868. The van der Waals surface area contributed by atoms with Crippen molar-refractivity contribution in [2.24, 2.45) is 5.92 Å². The zero-order valence-corrected chi connectivity index (χ0v) is 12.3. The molecule has 1 saturated heterocycles. The first-order valence-corrected chi connectivity index (χ1v) is 7.40. The standard InChI is InChI=1S/C16H24FNO2/c1-3-8-18-16(12-6-9-20-10-7-12)14-5-4-13(19-2)11-15(14)17/h4-5,11-12,16,18H,3,6-10H2,1-2H3. The van der Waals surface area contributed by atoms with E-state index in [1.807, 2.05) is 12.1 Å². The van der Waals surface area contributed by atoms with Gasteiger partial charge >= 0.3 is 0 Å². The summed E-state index contributed by atoms with van der Waals surface area (Å²) >= 11 is 0. The highest BCUT2D eigenvalue weighted by atomic mass is 19.1. The van der Waals surface area contributed by atoms with E-state index in [0.29, 0.717) is 11.7 Å². The maximum absolute atomic E-state index is 14.3. The highest BCUT2D eigenvalue weighted by molar-refractivity contribution is 5.31. The highest BCUT2D eigenvalue weighted by Crippen LogP contribution is 2.32. The van der Waals surface area contributed by atoms with Gasteiger partial charge in [0.1, 0.15) is 11.6 Å². The Kier molecular flexibility index (Phi) is 5.80. The number of nitrogens with one attached hydrogen (secondary N) is 1. The van der Waals surface area contributed by atoms with Crippen molar-refractivity contribution in [3.8, 4) is 5.75 Å². The molecular formula is C16H24FNO2. The van der Waals surface area contributed by atoms with Crippen molar-refractivity contribution in [1.82, 2.24) is 5.32 Å². The molecule has 0 spiro atoms. The van der Waals surface area contributed by atoms with Crippen LogP contribution in [0.4, 0.5) is 4.39 Å². The number of halogens is 1. The number of hydrogen-bond acceptors (Lipinski definition) is 3. The van der Waals surface area contributed by atoms with Crippen LogP contribution in [0.2, 0.25) is 0 Å². The molecule has 0 aliphatic carbocycles. The van der Waals surface area contributed by atoms with Crippen molar-refractivity contribution in [3.05, 3.63) is 29.6 Å². The van der Waals surface area contributed by atoms with Crippen molar-refractivity contribution in [2.45, 2.75) is 32.2 Å². The first-order valence-electron chi connectivity index (χ1n) is 7.40. The van der Waals surface area contributed by atoms with Crippen LogP contribution in [0.5, 0.6) is 5.75 Å². The molecule has 0 radical (unpaired) electrons. The third kappa shape index (κ3) is 3.70. The molecule has 1 atom stereocenters. The van der Waals surface area contributed by atoms with Gasteiger partial charge in [-0.3, -0.25) is 0 Å². The molecule has 3 nitrogen and oxygen atoms in total. The van der Waals surface area contributed by atoms with Crippen molar-refractivity contribution in [3.63, 3.8) is 0 Å². The van der Waals surface area contributed by atoms with Gasteiger partial charge in [-0.15, -0.1) is 0 Å². The van der Waals surface area contributed by atoms with E-state index in [1.54, 1.807) is 7.11 Å². The predicted octanol–water partition coefficient (Wildman–Crippen LogP) is 3.30. The molecule has 1 aliphatic heterocycles. The van der Waals surface area contributed by atoms with Crippen LogP contribution in [-0.4, -0.2) is 26.9 Å². The Morgan fingerprint density at radius 3 is 2.75 bits per heavy atom. The fourth-order valence-corrected chi connectivity index (χ4v) is 2.77. The van der Waals surface area contributed by atoms with Gasteiger partial charge in [0, 0.05) is 30.9 Å². The maximum Gasteiger partial charge on any atom is 0.131 e. The van der Waals surface area contributed by atoms with Crippen LogP contribution in [0.15, 0.2) is 18.2 Å². The summed E-state index contributed by atoms with van der Waals surface area (Å²) in [5.74, 6) is 0.801. The number of rotatable bonds is 6. The Balaban J connectivity index is 2.20. The van der Waals surface area contributed by atoms with Crippen molar-refractivity contribution in [2.75, 3.05) is 26.9 Å². The monoisotopic (exact) mass is 281 g/mol. The second-order valence-corrected chi connectivity index (χ2v) is 5.27. The molecule has 0 bridgehead atoms. The lowest BCUT2D eigenvalue weighted by Crippen LogP contribution is -2.33. The minimum Gasteiger partial charge on any atom is -0.497 e. The third-order valence-corrected chi connectivity index (χ3v) is 3.89. The van der Waals surface area contributed by atoms with E-state index >= 15 is 0 Å². The molecule has 1 aromatic rings. The second kappa shape index (κ2) is 7.60. The Hall–Kier alpha value is -1.13. The largest absolute Gasteiger partial charge is 0.497 e. The summed E-state index contributed by atoms with van der Waals surface area (Å²) in [6, 6.07) is 5.20. The van der Waals surface area contributed by atoms with Crippen LogP contribution in [0.25, 0.3) is 0 Å². The summed E-state index contributed by atoms with van der Waals surface area (Å²) in [5.41, 5.74) is 0.742. The summed E-state index contributed by atoms with van der Waals surface area (Å²) in [6.07, 6.45) is 3.00. The van der Waals surface area contributed by atoms with Crippen molar-refractivity contribution >= 4 is 0 Å². The Morgan fingerprint density at radius 2 is 2.15 bits per heavy atom. The minimum absolute atomic E-state index is 0.0600. The summed E-state index contributed by atoms with van der Waals surface area (Å²) in [5, 5.41) is 3.50. The van der Waals surface area contributed by atoms with E-state index in [9.17, 15) is 4.39 Å². The topological polar surface area (TPSA) is 30.5 Å². The van der Waals surface area contributed by atoms with Crippen molar-refractivity contribution < 1.29 is 13.9 Å². The van der Waals surface area contributed by atoms with Gasteiger partial charge in [-0.2, -0.15) is 0 Å². The van der Waals surface area contributed by atoms with Crippen LogP contribution in [0.3, 0.4) is 0 Å². The molecule has 4 heteroatoms. The maximum atomic E-state index is 14.3. The molecule has 1 aliphatic rings. The number of hydrogen-bond donors (Lipinski definition) is 1. The molecule has 20 heavy (non-hydrogen) atoms. The molecule has 1 heterocycles. The summed E-state index contributed by atoms with van der Waals surface area (Å²) in [7, 11) is 1.56. The molecule has 1 N–H and O–H groups in total. The summed E-state index contributed by atoms with van der Waals surface area (Å²) in [6.45, 7) is 4.56. The van der Waals surface area contributed by atoms with E-state index in [2.05, 4.69) is 12.2 Å². The van der Waals surface area contributed by atoms with Gasteiger partial charge < -0.3 is 14.8 Å². The summed E-state index contributed by atoms with van der Waals surface area (Å²) in [4.78, 5) is 0. The Morgan fingerprint density at radius 1 is 1.40 bits per heavy atom. The lowest BCUT2D eigenvalue weighted by molar-refractivity contribution is 0.0531. The van der Waals surface area contributed by atoms with Crippen LogP contribution in [0.1, 0.15) is 37.8 Å². The third-order valence-electron chi connectivity index (χ3n) is 3.89. The van der Waals surface area contributed by atoms with E-state index in [-0.39, 0.29) is 11.9 Å². The molecule has 0 amide bonds. The van der Waals surface area contributed by atoms with E-state index in [0.717, 1.165) is 44.6 Å². The average Bonchev–Trinajstić information content (AvgIpc) is 2.50. The summed E-state index contributed by atoms with van der Waals surface area (Å²) < 4.78 is 24.8. The van der Waals surface area contributed by atoms with Gasteiger partial charge in [0.05, 0.1) is 7.11 Å². The zero-order valence-electron chi connectivity index (χ0n) is 12.3. The molecule has 1 fully saturated rings. The number of methoxy groups -OCH3 is 1. The second-order valence-electron chi connectivity index (χ2n) is 5.27. The fraction of sp³-hybridized carbons (Fsp3) is 0.625.